The van der Waals surface area contributed by atoms with Gasteiger partial charge in [-0.05, 0) is 42.0 Å². The van der Waals surface area contributed by atoms with Gasteiger partial charge in [-0.25, -0.2) is 17.5 Å². The molecular weight excluding hydrogens is 319 g/mol. The first kappa shape index (κ1) is 15.4. The largest absolute Gasteiger partial charge is 0.463 e. The van der Waals surface area contributed by atoms with Gasteiger partial charge in [0.1, 0.15) is 11.5 Å². The molecule has 2 heterocycles. The fraction of sp³-hybridized carbons (Fsp3) is 0.0625. The molecule has 0 radical (unpaired) electrons. The predicted molar refractivity (Wildman–Crippen MR) is 82.4 cm³/mol. The van der Waals surface area contributed by atoms with Crippen LogP contribution in [0.25, 0.3) is 11.5 Å². The summed E-state index contributed by atoms with van der Waals surface area (Å²) in [7, 11) is -3.77. The van der Waals surface area contributed by atoms with Crippen LogP contribution in [0.3, 0.4) is 0 Å². The Labute approximate surface area is 132 Å². The number of benzene rings is 1. The monoisotopic (exact) mass is 332 g/mol. The Kier molecular flexibility index (Phi) is 4.22. The fourth-order valence-electron chi connectivity index (χ4n) is 1.99. The van der Waals surface area contributed by atoms with Gasteiger partial charge in [-0.3, -0.25) is 4.98 Å². The Balaban J connectivity index is 1.70. The van der Waals surface area contributed by atoms with E-state index in [9.17, 15) is 12.8 Å². The van der Waals surface area contributed by atoms with Crippen molar-refractivity contribution in [2.45, 2.75) is 11.4 Å². The average Bonchev–Trinajstić information content (AvgIpc) is 3.08. The maximum absolute atomic E-state index is 13.1. The first-order valence-corrected chi connectivity index (χ1v) is 8.27. The van der Waals surface area contributed by atoms with Crippen molar-refractivity contribution in [2.75, 3.05) is 0 Å². The topological polar surface area (TPSA) is 72.2 Å². The number of rotatable bonds is 5. The van der Waals surface area contributed by atoms with E-state index in [2.05, 4.69) is 9.71 Å². The second kappa shape index (κ2) is 6.31. The number of hydrogen-bond acceptors (Lipinski definition) is 4. The normalized spacial score (nSPS) is 11.5. The van der Waals surface area contributed by atoms with Crippen LogP contribution in [0.2, 0.25) is 0 Å². The zero-order valence-electron chi connectivity index (χ0n) is 11.9. The highest BCUT2D eigenvalue weighted by Crippen LogP contribution is 2.17. The molecule has 1 aromatic carbocycles. The van der Waals surface area contributed by atoms with Crippen molar-refractivity contribution in [3.05, 3.63) is 72.4 Å². The highest BCUT2D eigenvalue weighted by Gasteiger charge is 2.14. The molecule has 0 bridgehead atoms. The zero-order valence-corrected chi connectivity index (χ0v) is 12.8. The molecule has 0 saturated carbocycles. The molecule has 0 aliphatic heterocycles. The minimum Gasteiger partial charge on any atom is -0.463 e. The van der Waals surface area contributed by atoms with Gasteiger partial charge in [-0.1, -0.05) is 12.1 Å². The van der Waals surface area contributed by atoms with Crippen molar-refractivity contribution in [1.82, 2.24) is 9.71 Å². The number of nitrogens with zero attached hydrogens (tertiary/aromatic N) is 1. The maximum Gasteiger partial charge on any atom is 0.240 e. The lowest BCUT2D eigenvalue weighted by atomic mass is 10.2. The first-order chi connectivity index (χ1) is 11.0. The van der Waals surface area contributed by atoms with Gasteiger partial charge < -0.3 is 4.42 Å². The van der Waals surface area contributed by atoms with Gasteiger partial charge in [0.2, 0.25) is 10.0 Å². The Hall–Kier alpha value is -2.51. The summed E-state index contributed by atoms with van der Waals surface area (Å²) in [6, 6.07) is 11.9. The van der Waals surface area contributed by atoms with Gasteiger partial charge in [0, 0.05) is 12.7 Å². The molecule has 0 aliphatic carbocycles. The quantitative estimate of drug-likeness (QED) is 0.780. The number of halogens is 1. The summed E-state index contributed by atoms with van der Waals surface area (Å²) in [5.74, 6) is 0.0363. The van der Waals surface area contributed by atoms with Gasteiger partial charge >= 0.3 is 0 Å². The molecule has 5 nitrogen and oxygen atoms in total. The predicted octanol–water partition coefficient (Wildman–Crippen LogP) is 2.96. The van der Waals surface area contributed by atoms with Crippen LogP contribution >= 0.6 is 0 Å². The van der Waals surface area contributed by atoms with E-state index in [-0.39, 0.29) is 11.4 Å². The molecule has 118 valence electrons. The number of aromatic nitrogens is 1. The van der Waals surface area contributed by atoms with Crippen molar-refractivity contribution in [1.29, 1.82) is 0 Å². The molecular formula is C16H13FN2O3S. The Morgan fingerprint density at radius 3 is 2.65 bits per heavy atom. The molecule has 0 saturated heterocycles. The Bertz CT molecular complexity index is 891. The number of hydrogen-bond donors (Lipinski definition) is 1. The van der Waals surface area contributed by atoms with Crippen LogP contribution in [-0.4, -0.2) is 13.4 Å². The Morgan fingerprint density at radius 2 is 2.00 bits per heavy atom. The van der Waals surface area contributed by atoms with E-state index in [0.717, 1.165) is 6.07 Å². The summed E-state index contributed by atoms with van der Waals surface area (Å²) >= 11 is 0. The van der Waals surface area contributed by atoms with E-state index in [1.54, 1.807) is 36.7 Å². The molecule has 7 heteroatoms. The SMILES string of the molecule is O=S(=O)(NCc1ccc(-c2ccco2)nc1)c1cccc(F)c1. The summed E-state index contributed by atoms with van der Waals surface area (Å²) in [6.07, 6.45) is 3.12. The molecule has 0 aliphatic rings. The standard InChI is InChI=1S/C16H13FN2O3S/c17-13-3-1-4-14(9-13)23(20,21)19-11-12-6-7-15(18-10-12)16-5-2-8-22-16/h1-10,19H,11H2. The molecule has 1 N–H and O–H groups in total. The van der Waals surface area contributed by atoms with Crippen LogP contribution in [0.4, 0.5) is 4.39 Å². The summed E-state index contributed by atoms with van der Waals surface area (Å²) in [5.41, 5.74) is 1.34. The lowest BCUT2D eigenvalue weighted by Gasteiger charge is -2.07. The van der Waals surface area contributed by atoms with Crippen molar-refractivity contribution >= 4 is 10.0 Å². The van der Waals surface area contributed by atoms with Gasteiger partial charge in [0.05, 0.1) is 11.2 Å². The summed E-state index contributed by atoms with van der Waals surface area (Å²) in [5, 5.41) is 0. The molecule has 0 atom stereocenters. The van der Waals surface area contributed by atoms with E-state index in [0.29, 0.717) is 17.0 Å². The van der Waals surface area contributed by atoms with E-state index in [4.69, 9.17) is 4.42 Å². The van der Waals surface area contributed by atoms with Crippen LogP contribution in [0.5, 0.6) is 0 Å². The summed E-state index contributed by atoms with van der Waals surface area (Å²) < 4.78 is 45.0. The first-order valence-electron chi connectivity index (χ1n) is 6.79. The lowest BCUT2D eigenvalue weighted by Crippen LogP contribution is -2.23. The highest BCUT2D eigenvalue weighted by molar-refractivity contribution is 7.89. The van der Waals surface area contributed by atoms with Crippen LogP contribution in [-0.2, 0) is 16.6 Å². The van der Waals surface area contributed by atoms with E-state index >= 15 is 0 Å². The van der Waals surface area contributed by atoms with E-state index in [1.807, 2.05) is 0 Å². The van der Waals surface area contributed by atoms with E-state index in [1.165, 1.54) is 18.2 Å². The highest BCUT2D eigenvalue weighted by atomic mass is 32.2. The third-order valence-corrected chi connectivity index (χ3v) is 4.57. The molecule has 0 spiro atoms. The zero-order chi connectivity index (χ0) is 16.3. The Morgan fingerprint density at radius 1 is 1.13 bits per heavy atom. The summed E-state index contributed by atoms with van der Waals surface area (Å²) in [4.78, 5) is 4.11. The number of furan rings is 1. The van der Waals surface area contributed by atoms with Crippen molar-refractivity contribution < 1.29 is 17.2 Å². The van der Waals surface area contributed by atoms with Crippen molar-refractivity contribution in [3.8, 4) is 11.5 Å². The van der Waals surface area contributed by atoms with Crippen LogP contribution in [0.1, 0.15) is 5.56 Å². The molecule has 23 heavy (non-hydrogen) atoms. The smallest absolute Gasteiger partial charge is 0.240 e. The van der Waals surface area contributed by atoms with Crippen molar-refractivity contribution in [2.24, 2.45) is 0 Å². The third kappa shape index (κ3) is 3.64. The van der Waals surface area contributed by atoms with Crippen LogP contribution in [0, 0.1) is 5.82 Å². The second-order valence-corrected chi connectivity index (χ2v) is 6.58. The summed E-state index contributed by atoms with van der Waals surface area (Å²) in [6.45, 7) is 0.0598. The maximum atomic E-state index is 13.1. The number of sulfonamides is 1. The minimum absolute atomic E-state index is 0.0598. The number of nitrogens with one attached hydrogen (secondary N) is 1. The molecule has 0 amide bonds. The molecule has 2 aromatic heterocycles. The lowest BCUT2D eigenvalue weighted by molar-refractivity contribution is 0.576. The van der Waals surface area contributed by atoms with Crippen LogP contribution < -0.4 is 4.72 Å². The van der Waals surface area contributed by atoms with Gasteiger partial charge in [-0.15, -0.1) is 0 Å². The molecule has 3 aromatic rings. The number of pyridine rings is 1. The van der Waals surface area contributed by atoms with E-state index < -0.39 is 15.8 Å². The second-order valence-electron chi connectivity index (χ2n) is 4.81. The average molecular weight is 332 g/mol. The molecule has 3 rings (SSSR count). The van der Waals surface area contributed by atoms with Gasteiger partial charge in [-0.2, -0.15) is 0 Å². The van der Waals surface area contributed by atoms with Crippen molar-refractivity contribution in [3.63, 3.8) is 0 Å². The van der Waals surface area contributed by atoms with Gasteiger partial charge in [0.25, 0.3) is 0 Å². The van der Waals surface area contributed by atoms with Crippen LogP contribution in [0.15, 0.2) is 70.3 Å². The van der Waals surface area contributed by atoms with Gasteiger partial charge in [0.15, 0.2) is 5.76 Å². The third-order valence-electron chi connectivity index (χ3n) is 3.17. The minimum atomic E-state index is -3.77. The molecule has 0 unspecified atom stereocenters. The molecule has 0 fully saturated rings. The fourth-order valence-corrected chi connectivity index (χ4v) is 3.04.